The molecule has 0 amide bonds. The van der Waals surface area contributed by atoms with E-state index in [0.717, 1.165) is 155 Å². The van der Waals surface area contributed by atoms with Crippen LogP contribution in [0.5, 0.6) is 0 Å². The average Bonchev–Trinajstić information content (AvgIpc) is 1.09. The van der Waals surface area contributed by atoms with Gasteiger partial charge in [0, 0.05) is 122 Å². The number of nitrogens with zero attached hydrogens (tertiary/aromatic N) is 6. The summed E-state index contributed by atoms with van der Waals surface area (Å²) >= 11 is 0. The van der Waals surface area contributed by atoms with Crippen LogP contribution in [0.1, 0.15) is 177 Å². The van der Waals surface area contributed by atoms with Crippen LogP contribution in [0.4, 0.5) is 28.4 Å². The second-order valence-electron chi connectivity index (χ2n) is 40.1. The van der Waals surface area contributed by atoms with Crippen molar-refractivity contribution in [3.8, 4) is 55.9 Å². The smallest absolute Gasteiger partial charge is 0.252 e. The van der Waals surface area contributed by atoms with Gasteiger partial charge in [0.25, 0.3) is 6.71 Å². The molecule has 0 N–H and O–H groups in total. The zero-order valence-electron chi connectivity index (χ0n) is 89.1. The third-order valence-electron chi connectivity index (χ3n) is 27.5. The van der Waals surface area contributed by atoms with Crippen LogP contribution in [-0.2, 0) is 47.7 Å². The highest BCUT2D eigenvalue weighted by Gasteiger charge is 2.45. The minimum absolute atomic E-state index is 0.00407. The van der Waals surface area contributed by atoms with E-state index in [1.165, 1.54) is 22.3 Å². The van der Waals surface area contributed by atoms with Gasteiger partial charge in [-0.2, -0.15) is 0 Å². The van der Waals surface area contributed by atoms with Gasteiger partial charge < -0.3 is 28.4 Å². The Balaban J connectivity index is 0.832. The normalized spacial score (nSPS) is 18.4. The fourth-order valence-corrected chi connectivity index (χ4v) is 20.5. The summed E-state index contributed by atoms with van der Waals surface area (Å²) in [5, 5.41) is 4.63. The molecule has 1 saturated carbocycles. The summed E-state index contributed by atoms with van der Waals surface area (Å²) in [6, 6.07) is 106. The van der Waals surface area contributed by atoms with E-state index >= 15 is 0 Å². The molecule has 0 radical (unpaired) electrons. The van der Waals surface area contributed by atoms with Crippen LogP contribution in [0.15, 0.2) is 352 Å². The summed E-state index contributed by atoms with van der Waals surface area (Å²) in [5.74, 6) is 0. The maximum Gasteiger partial charge on any atom is 0.252 e. The quantitative estimate of drug-likeness (QED) is 0.0850. The van der Waals surface area contributed by atoms with Gasteiger partial charge in [-0.3, -0.25) is 0 Å². The van der Waals surface area contributed by atoms with Crippen LogP contribution >= 0.6 is 0 Å². The summed E-state index contributed by atoms with van der Waals surface area (Å²) in [4.78, 5) is 7.18. The topological polar surface area (TPSA) is 24.5 Å². The molecule has 16 aromatic carbocycles. The molecule has 130 heavy (non-hydrogen) atoms. The Labute approximate surface area is 786 Å². The molecule has 2 aliphatic heterocycles. The Hall–Kier alpha value is -13.6. The third-order valence-corrected chi connectivity index (χ3v) is 27.5. The van der Waals surface area contributed by atoms with Gasteiger partial charge in [-0.05, 0) is 268 Å². The summed E-state index contributed by atoms with van der Waals surface area (Å²) in [5.41, 5.74) is 30.2. The van der Waals surface area contributed by atoms with Gasteiger partial charge >= 0.3 is 0 Å². The van der Waals surface area contributed by atoms with Crippen molar-refractivity contribution < 1.29 is 17.8 Å². The highest BCUT2D eigenvalue weighted by molar-refractivity contribution is 7.00. The number of para-hydroxylation sites is 2. The number of fused-ring (bicyclic) bond motifs is 13. The lowest BCUT2D eigenvalue weighted by Gasteiger charge is -2.46. The minimum atomic E-state index is -1.39. The van der Waals surface area contributed by atoms with E-state index in [0.29, 0.717) is 30.8 Å². The highest BCUT2D eigenvalue weighted by atomic mass is 15.2. The van der Waals surface area contributed by atoms with Crippen molar-refractivity contribution in [1.82, 2.24) is 13.7 Å². The number of benzene rings is 16. The fourth-order valence-electron chi connectivity index (χ4n) is 20.5. The maximum atomic E-state index is 10.6. The second kappa shape index (κ2) is 32.2. The Morgan fingerprint density at radius 3 is 1.11 bits per heavy atom. The molecule has 0 saturated heterocycles. The van der Waals surface area contributed by atoms with E-state index in [1.807, 2.05) is 24.3 Å². The summed E-state index contributed by atoms with van der Waals surface area (Å²) in [6.45, 7) is 27.7. The lowest BCUT2D eigenvalue weighted by atomic mass is 9.33. The molecule has 4 atom stereocenters. The largest absolute Gasteiger partial charge is 0.364 e. The fraction of sp³-hybridized carbons (Fsp3) is 0.220. The summed E-state index contributed by atoms with van der Waals surface area (Å²) in [6.07, 6.45) is -6.35. The van der Waals surface area contributed by atoms with Crippen LogP contribution in [0.2, 0.25) is 0 Å². The molecule has 3 aromatic heterocycles. The maximum absolute atomic E-state index is 10.6. The third kappa shape index (κ3) is 15.0. The molecular weight excluding hydrogens is 1570 g/mol. The molecule has 1 aliphatic carbocycles. The molecule has 640 valence electrons. The van der Waals surface area contributed by atoms with Crippen LogP contribution in [-0.4, -0.2) is 33.0 Å². The second-order valence-corrected chi connectivity index (χ2v) is 40.1. The zero-order chi connectivity index (χ0) is 100.0. The van der Waals surface area contributed by atoms with Crippen molar-refractivity contribution in [2.24, 2.45) is 0 Å². The Bertz CT molecular complexity index is 7990. The van der Waals surface area contributed by atoms with Crippen LogP contribution in [0, 0.1) is 0 Å². The lowest BCUT2D eigenvalue weighted by molar-refractivity contribution is 0.413. The lowest BCUT2D eigenvalue weighted by Crippen LogP contribution is -2.62. The molecule has 0 bridgehead atoms. The molecule has 0 spiro atoms. The number of hydrogen-bond acceptors (Lipinski definition) is 3. The molecule has 4 unspecified atom stereocenters. The van der Waals surface area contributed by atoms with E-state index < -0.39 is 81.0 Å². The molecule has 22 rings (SSSR count). The first kappa shape index (κ1) is 68.5. The standard InChI is InChI=1S/C123H115BN6/c1-120(2,3)93-50-58-111-103(70-93)104-71-94(121(4,5)6)51-59-112(104)129(111)98-54-56-107-115(74-98)125(63-62-83-64-89(85-32-18-13-19-33-85)68-90(65-83)86-34-20-14-21-35-86)117-76-100(126(97-40-26-17-27-41-97)78-81-46-48-82(49-47-81)79-127-109-44-30-28-42-101(109)102-43-29-31-45-110(102)127)77-118-119(117)124(107)108-57-55-99(130-113-60-52-95(122(7,8)9)72-105(113)106-73-96(123(10,11)12)53-61-114(106)130)75-116(108)128(118)80-84-66-91(87-36-22-15-23-37-87)69-92(67-84)88-38-24-16-25-39-88/h13-16,18-25,28-39,42-61,64-77,97H,17,26-27,40-41,62-63,78-80H2,1-12H3/i17D,26D,27D,28D,29D,30D,31D,40D,41D,42D,43D,44D,45D. The number of aromatic nitrogens is 3. The van der Waals surface area contributed by atoms with Crippen LogP contribution in [0.3, 0.4) is 0 Å². The predicted molar refractivity (Wildman–Crippen MR) is 557 cm³/mol. The van der Waals surface area contributed by atoms with E-state index in [1.54, 1.807) is 4.57 Å². The monoisotopic (exact) mass is 1700 g/mol. The number of hydrogen-bond donors (Lipinski definition) is 0. The van der Waals surface area contributed by atoms with Gasteiger partial charge in [-0.15, -0.1) is 0 Å². The van der Waals surface area contributed by atoms with Crippen molar-refractivity contribution in [1.29, 1.82) is 0 Å². The Kier molecular flexibility index (Phi) is 17.0. The first-order chi connectivity index (χ1) is 68.3. The van der Waals surface area contributed by atoms with Crippen molar-refractivity contribution >= 4 is 117 Å². The molecule has 3 aliphatic rings. The van der Waals surface area contributed by atoms with E-state index in [9.17, 15) is 12.3 Å². The molecule has 7 heteroatoms. The van der Waals surface area contributed by atoms with Crippen molar-refractivity contribution in [3.63, 3.8) is 0 Å². The first-order valence-electron chi connectivity index (χ1n) is 52.9. The first-order valence-corrected chi connectivity index (χ1v) is 46.0. The van der Waals surface area contributed by atoms with Gasteiger partial charge in [0.05, 0.1) is 33.0 Å². The predicted octanol–water partition coefficient (Wildman–Crippen LogP) is 30.1. The number of anilines is 5. The summed E-state index contributed by atoms with van der Waals surface area (Å²) in [7, 11) is 0. The highest BCUT2D eigenvalue weighted by Crippen LogP contribution is 2.49. The molecule has 6 nitrogen and oxygen atoms in total. The van der Waals surface area contributed by atoms with Gasteiger partial charge in [-0.25, -0.2) is 0 Å². The number of rotatable bonds is 17. The van der Waals surface area contributed by atoms with E-state index in [4.69, 9.17) is 5.48 Å². The zero-order valence-corrected chi connectivity index (χ0v) is 76.1. The average molecular weight is 1700 g/mol. The Morgan fingerprint density at radius 2 is 0.700 bits per heavy atom. The molecule has 1 fully saturated rings. The van der Waals surface area contributed by atoms with Gasteiger partial charge in [0.15, 0.2) is 0 Å². The van der Waals surface area contributed by atoms with Gasteiger partial charge in [0.1, 0.15) is 0 Å². The van der Waals surface area contributed by atoms with Crippen LogP contribution < -0.4 is 31.1 Å². The Morgan fingerprint density at radius 1 is 0.323 bits per heavy atom. The van der Waals surface area contributed by atoms with Gasteiger partial charge in [0.2, 0.25) is 0 Å². The van der Waals surface area contributed by atoms with E-state index in [2.05, 4.69) is 386 Å². The van der Waals surface area contributed by atoms with Crippen molar-refractivity contribution in [2.75, 3.05) is 21.2 Å². The molecule has 5 heterocycles. The van der Waals surface area contributed by atoms with E-state index in [-0.39, 0.29) is 68.6 Å². The molecule has 19 aromatic rings. The minimum Gasteiger partial charge on any atom is -0.364 e. The van der Waals surface area contributed by atoms with Crippen LogP contribution in [0.25, 0.3) is 121 Å². The van der Waals surface area contributed by atoms with Gasteiger partial charge in [-0.1, -0.05) is 333 Å². The van der Waals surface area contributed by atoms with Crippen molar-refractivity contribution in [3.05, 3.63) is 396 Å². The SMILES string of the molecule is [2H]c1c([2H])c([2H])c2c(c1[2H])c1c([2H])c([2H])c([2H])c([2H])c1n2Cc1ccc(CN(c2cc3c4c(c2)N(Cc2cc(-c5ccccc5)cc(-c5ccccc5)c2)c2cc(-n5c6ccc(C(C)(C)C)cc6c6cc(C(C)(C)C)ccc65)ccc2B4c2ccc(-n4c5ccc(C(C)(C)C)cc5c5cc(C(C)(C)C)ccc54)cc2N3CCc2cc(-c3ccccc3)cc(-c3ccccc3)c2)C2C([2H])C([2H])C([2H])C([2H])C2[2H])cc1. The van der Waals surface area contributed by atoms with Crippen molar-refractivity contribution in [2.45, 2.75) is 169 Å². The summed E-state index contributed by atoms with van der Waals surface area (Å²) < 4.78 is 130. The molecular formula is C123H115BN6.